The molecule has 3 N–H and O–H groups in total. The Kier molecular flexibility index (Phi) is 4.34. The van der Waals surface area contributed by atoms with Crippen molar-refractivity contribution in [3.8, 4) is 5.75 Å². The van der Waals surface area contributed by atoms with Gasteiger partial charge in [0.1, 0.15) is 5.75 Å². The van der Waals surface area contributed by atoms with Gasteiger partial charge in [0.2, 0.25) is 0 Å². The molecule has 0 atom stereocenters. The Labute approximate surface area is 122 Å². The number of amides is 1. The number of aromatic hydroxyl groups is 1. The van der Waals surface area contributed by atoms with Gasteiger partial charge in [-0.25, -0.2) is 0 Å². The van der Waals surface area contributed by atoms with Gasteiger partial charge in [-0.15, -0.1) is 0 Å². The molecule has 2 rings (SSSR count). The standard InChI is InChI=1S/C14H17N3O2S/c1-3-17(4-2)10-6-5-9(11(18)8-10)7-12-13(19)16-14(15)20-12/h5-8,18H,3-4H2,1-2H3,(H2,15,16,19)/b12-7+. The molecular weight excluding hydrogens is 274 g/mol. The van der Waals surface area contributed by atoms with Crippen molar-refractivity contribution in [2.75, 3.05) is 18.0 Å². The second-order valence-corrected chi connectivity index (χ2v) is 5.34. The molecule has 0 spiro atoms. The SMILES string of the molecule is CCN(CC)c1ccc(/C=C2/SC(N)=NC2=O)c(O)c1. The van der Waals surface area contributed by atoms with E-state index in [-0.39, 0.29) is 16.8 Å². The van der Waals surface area contributed by atoms with Crippen LogP contribution in [0.15, 0.2) is 28.1 Å². The van der Waals surface area contributed by atoms with Gasteiger partial charge in [-0.2, -0.15) is 4.99 Å². The quantitative estimate of drug-likeness (QED) is 0.831. The highest BCUT2D eigenvalue weighted by Crippen LogP contribution is 2.31. The molecule has 0 fully saturated rings. The second-order valence-electron chi connectivity index (χ2n) is 4.28. The van der Waals surface area contributed by atoms with Crippen LogP contribution >= 0.6 is 11.8 Å². The topological polar surface area (TPSA) is 78.9 Å². The highest BCUT2D eigenvalue weighted by molar-refractivity contribution is 8.18. The third kappa shape index (κ3) is 2.96. The summed E-state index contributed by atoms with van der Waals surface area (Å²) in [6.45, 7) is 5.86. The number of amidine groups is 1. The zero-order valence-electron chi connectivity index (χ0n) is 11.5. The lowest BCUT2D eigenvalue weighted by Crippen LogP contribution is -2.21. The summed E-state index contributed by atoms with van der Waals surface area (Å²) in [4.78, 5) is 17.7. The lowest BCUT2D eigenvalue weighted by atomic mass is 10.1. The van der Waals surface area contributed by atoms with Crippen molar-refractivity contribution in [2.45, 2.75) is 13.8 Å². The molecule has 0 unspecified atom stereocenters. The van der Waals surface area contributed by atoms with E-state index < -0.39 is 0 Å². The Balaban J connectivity index is 2.27. The van der Waals surface area contributed by atoms with Crippen LogP contribution < -0.4 is 10.6 Å². The number of anilines is 1. The van der Waals surface area contributed by atoms with E-state index in [0.29, 0.717) is 10.5 Å². The second kappa shape index (κ2) is 6.00. The fourth-order valence-electron chi connectivity index (χ4n) is 2.01. The summed E-state index contributed by atoms with van der Waals surface area (Å²) in [5.41, 5.74) is 7.03. The third-order valence-electron chi connectivity index (χ3n) is 3.07. The summed E-state index contributed by atoms with van der Waals surface area (Å²) in [5, 5.41) is 10.3. The molecule has 1 amide bonds. The predicted octanol–water partition coefficient (Wildman–Crippen LogP) is 2.17. The zero-order chi connectivity index (χ0) is 14.7. The van der Waals surface area contributed by atoms with Crippen molar-refractivity contribution in [3.05, 3.63) is 28.7 Å². The minimum absolute atomic E-state index is 0.140. The Bertz CT molecular complexity index is 592. The van der Waals surface area contributed by atoms with E-state index in [1.807, 2.05) is 6.07 Å². The molecule has 0 radical (unpaired) electrons. The third-order valence-corrected chi connectivity index (χ3v) is 3.88. The molecule has 0 saturated heterocycles. The Morgan fingerprint density at radius 2 is 2.10 bits per heavy atom. The molecule has 0 bridgehead atoms. The lowest BCUT2D eigenvalue weighted by molar-refractivity contribution is -0.113. The van der Waals surface area contributed by atoms with Crippen molar-refractivity contribution in [1.82, 2.24) is 0 Å². The van der Waals surface area contributed by atoms with Gasteiger partial charge in [0.25, 0.3) is 5.91 Å². The van der Waals surface area contributed by atoms with Crippen LogP contribution in [0.4, 0.5) is 5.69 Å². The van der Waals surface area contributed by atoms with E-state index in [0.717, 1.165) is 30.5 Å². The number of benzene rings is 1. The fraction of sp³-hybridized carbons (Fsp3) is 0.286. The number of hydrogen-bond acceptors (Lipinski definition) is 5. The van der Waals surface area contributed by atoms with Gasteiger partial charge in [-0.1, -0.05) is 0 Å². The number of phenols is 1. The van der Waals surface area contributed by atoms with Crippen LogP contribution in [-0.2, 0) is 4.79 Å². The summed E-state index contributed by atoms with van der Waals surface area (Å²) in [7, 11) is 0. The molecule has 1 heterocycles. The van der Waals surface area contributed by atoms with E-state index in [2.05, 4.69) is 23.7 Å². The molecule has 1 aliphatic rings. The highest BCUT2D eigenvalue weighted by atomic mass is 32.2. The van der Waals surface area contributed by atoms with Gasteiger partial charge >= 0.3 is 0 Å². The zero-order valence-corrected chi connectivity index (χ0v) is 12.3. The number of carbonyl (C=O) groups excluding carboxylic acids is 1. The maximum Gasteiger partial charge on any atom is 0.286 e. The average molecular weight is 291 g/mol. The maximum absolute atomic E-state index is 11.5. The molecule has 0 aliphatic carbocycles. The molecule has 20 heavy (non-hydrogen) atoms. The number of phenolic OH excluding ortho intramolecular Hbond substituents is 1. The monoisotopic (exact) mass is 291 g/mol. The molecule has 1 aromatic carbocycles. The van der Waals surface area contributed by atoms with Gasteiger partial charge in [0.15, 0.2) is 5.17 Å². The van der Waals surface area contributed by atoms with E-state index in [1.54, 1.807) is 18.2 Å². The van der Waals surface area contributed by atoms with Crippen LogP contribution in [0.5, 0.6) is 5.75 Å². The van der Waals surface area contributed by atoms with Crippen LogP contribution in [0.2, 0.25) is 0 Å². The van der Waals surface area contributed by atoms with E-state index in [1.165, 1.54) is 0 Å². The van der Waals surface area contributed by atoms with Crippen LogP contribution in [0, 0.1) is 0 Å². The first-order valence-electron chi connectivity index (χ1n) is 6.41. The normalized spacial score (nSPS) is 16.6. The molecular formula is C14H17N3O2S. The predicted molar refractivity (Wildman–Crippen MR) is 83.9 cm³/mol. The first-order chi connectivity index (χ1) is 9.55. The van der Waals surface area contributed by atoms with Crippen molar-refractivity contribution >= 4 is 34.6 Å². The largest absolute Gasteiger partial charge is 0.507 e. The molecule has 106 valence electrons. The van der Waals surface area contributed by atoms with Gasteiger partial charge < -0.3 is 15.7 Å². The maximum atomic E-state index is 11.5. The summed E-state index contributed by atoms with van der Waals surface area (Å²) < 4.78 is 0. The van der Waals surface area contributed by atoms with E-state index in [4.69, 9.17) is 5.73 Å². The molecule has 5 nitrogen and oxygen atoms in total. The Morgan fingerprint density at radius 3 is 2.60 bits per heavy atom. The van der Waals surface area contributed by atoms with E-state index >= 15 is 0 Å². The van der Waals surface area contributed by atoms with Gasteiger partial charge in [-0.05, 0) is 43.8 Å². The minimum Gasteiger partial charge on any atom is -0.507 e. The number of nitrogens with zero attached hydrogens (tertiary/aromatic N) is 2. The lowest BCUT2D eigenvalue weighted by Gasteiger charge is -2.21. The minimum atomic E-state index is -0.361. The Morgan fingerprint density at radius 1 is 1.40 bits per heavy atom. The first kappa shape index (κ1) is 14.5. The summed E-state index contributed by atoms with van der Waals surface area (Å²) >= 11 is 1.11. The van der Waals surface area contributed by atoms with Crippen LogP contribution in [0.25, 0.3) is 6.08 Å². The van der Waals surface area contributed by atoms with Crippen LogP contribution in [-0.4, -0.2) is 29.3 Å². The first-order valence-corrected chi connectivity index (χ1v) is 7.22. The Hall–Kier alpha value is -1.95. The number of hydrogen-bond donors (Lipinski definition) is 2. The summed E-state index contributed by atoms with van der Waals surface area (Å²) in [6, 6.07) is 5.42. The molecule has 1 aromatic rings. The number of carbonyl (C=O) groups is 1. The van der Waals surface area contributed by atoms with Crippen molar-refractivity contribution in [1.29, 1.82) is 0 Å². The fourth-order valence-corrected chi connectivity index (χ4v) is 2.68. The van der Waals surface area contributed by atoms with Crippen LogP contribution in [0.1, 0.15) is 19.4 Å². The smallest absolute Gasteiger partial charge is 0.286 e. The highest BCUT2D eigenvalue weighted by Gasteiger charge is 2.20. The van der Waals surface area contributed by atoms with E-state index in [9.17, 15) is 9.90 Å². The molecule has 0 aromatic heterocycles. The number of rotatable bonds is 4. The average Bonchev–Trinajstić information content (AvgIpc) is 2.72. The van der Waals surface area contributed by atoms with Crippen LogP contribution in [0.3, 0.4) is 0 Å². The van der Waals surface area contributed by atoms with Crippen molar-refractivity contribution in [2.24, 2.45) is 10.7 Å². The summed E-state index contributed by atoms with van der Waals surface area (Å²) in [5.74, 6) is -0.222. The van der Waals surface area contributed by atoms with Gasteiger partial charge in [0, 0.05) is 30.4 Å². The van der Waals surface area contributed by atoms with Gasteiger partial charge in [0.05, 0.1) is 4.91 Å². The number of aliphatic imine (C=N–C) groups is 1. The molecule has 0 saturated carbocycles. The van der Waals surface area contributed by atoms with Crippen molar-refractivity contribution < 1.29 is 9.90 Å². The molecule has 6 heteroatoms. The summed E-state index contributed by atoms with van der Waals surface area (Å²) in [6.07, 6.45) is 1.61. The number of thioether (sulfide) groups is 1. The number of nitrogens with two attached hydrogens (primary N) is 1. The molecule has 1 aliphatic heterocycles. The van der Waals surface area contributed by atoms with Crippen molar-refractivity contribution in [3.63, 3.8) is 0 Å². The van der Waals surface area contributed by atoms with Gasteiger partial charge in [-0.3, -0.25) is 4.79 Å².